The van der Waals surface area contributed by atoms with Gasteiger partial charge in [0.1, 0.15) is 17.0 Å². The largest absolute Gasteiger partial charge is 0.493 e. The van der Waals surface area contributed by atoms with E-state index in [1.54, 1.807) is 34.6 Å². The summed E-state index contributed by atoms with van der Waals surface area (Å²) in [7, 11) is 0. The number of ether oxygens (including phenoxy) is 2. The first kappa shape index (κ1) is 23.3. The van der Waals surface area contributed by atoms with E-state index in [1.807, 2.05) is 30.3 Å². The molecule has 1 atom stereocenters. The number of amides is 1. The fourth-order valence-corrected chi connectivity index (χ4v) is 4.98. The molecule has 0 aliphatic carbocycles. The predicted molar refractivity (Wildman–Crippen MR) is 135 cm³/mol. The molecule has 1 aromatic carbocycles. The van der Waals surface area contributed by atoms with Crippen molar-refractivity contribution in [1.82, 2.24) is 14.3 Å². The molecule has 0 bridgehead atoms. The van der Waals surface area contributed by atoms with Crippen LogP contribution in [-0.4, -0.2) is 46.1 Å². The minimum absolute atomic E-state index is 0.0415. The number of hydrogen-bond acceptors (Lipinski definition) is 6. The summed E-state index contributed by atoms with van der Waals surface area (Å²) in [4.78, 5) is 32.6. The maximum Gasteiger partial charge on any atom is 0.270 e. The van der Waals surface area contributed by atoms with E-state index >= 15 is 0 Å². The molecule has 3 aromatic heterocycles. The summed E-state index contributed by atoms with van der Waals surface area (Å²) in [6.45, 7) is 2.04. The van der Waals surface area contributed by atoms with Crippen LogP contribution in [0.5, 0.6) is 5.75 Å². The summed E-state index contributed by atoms with van der Waals surface area (Å²) < 4.78 is 13.2. The molecule has 7 nitrogen and oxygen atoms in total. The highest BCUT2D eigenvalue weighted by molar-refractivity contribution is 7.07. The SMILES string of the molecule is O=C(c1cnc2ccccn2c1=O)N(Cc1cccc(OCCc2ccsc2)c1)C[C@@H]1CCCO1. The third kappa shape index (κ3) is 5.61. The standard InChI is InChI=1S/C27H27N3O4S/c31-26(24-16-28-25-8-1-2-11-30(25)27(24)32)29(18-23-7-4-12-33-23)17-21-5-3-6-22(15-21)34-13-9-20-10-14-35-19-20/h1-3,5-6,8,10-11,14-16,19,23H,4,7,9,12-13,17-18H2/t23-/m0/s1. The minimum atomic E-state index is -0.372. The van der Waals surface area contributed by atoms with Crippen LogP contribution in [0.3, 0.4) is 0 Å². The summed E-state index contributed by atoms with van der Waals surface area (Å²) in [5.41, 5.74) is 2.37. The smallest absolute Gasteiger partial charge is 0.270 e. The topological polar surface area (TPSA) is 73.1 Å². The number of thiophene rings is 1. The minimum Gasteiger partial charge on any atom is -0.493 e. The highest BCUT2D eigenvalue weighted by Crippen LogP contribution is 2.20. The van der Waals surface area contributed by atoms with Crippen LogP contribution < -0.4 is 10.3 Å². The van der Waals surface area contributed by atoms with Crippen LogP contribution in [0.25, 0.3) is 5.65 Å². The average molecular weight is 490 g/mol. The molecular weight excluding hydrogens is 462 g/mol. The molecule has 35 heavy (non-hydrogen) atoms. The van der Waals surface area contributed by atoms with Crippen LogP contribution in [0, 0.1) is 0 Å². The van der Waals surface area contributed by atoms with Crippen LogP contribution >= 0.6 is 11.3 Å². The molecule has 0 saturated carbocycles. The lowest BCUT2D eigenvalue weighted by atomic mass is 10.1. The number of pyridine rings is 1. The van der Waals surface area contributed by atoms with Gasteiger partial charge in [-0.25, -0.2) is 4.98 Å². The third-order valence-corrected chi connectivity index (χ3v) is 6.82. The first-order chi connectivity index (χ1) is 17.2. The molecule has 5 rings (SSSR count). The van der Waals surface area contributed by atoms with E-state index in [9.17, 15) is 9.59 Å². The van der Waals surface area contributed by atoms with Gasteiger partial charge in [-0.05, 0) is 65.1 Å². The molecule has 1 fully saturated rings. The van der Waals surface area contributed by atoms with Gasteiger partial charge in [-0.3, -0.25) is 14.0 Å². The zero-order chi connectivity index (χ0) is 24.0. The Hall–Kier alpha value is -3.49. The van der Waals surface area contributed by atoms with E-state index < -0.39 is 0 Å². The number of rotatable bonds is 9. The zero-order valence-electron chi connectivity index (χ0n) is 19.3. The molecule has 180 valence electrons. The van der Waals surface area contributed by atoms with Crippen molar-refractivity contribution in [2.45, 2.75) is 31.9 Å². The molecular formula is C27H27N3O4S. The van der Waals surface area contributed by atoms with Crippen LogP contribution in [0.4, 0.5) is 0 Å². The van der Waals surface area contributed by atoms with Gasteiger partial charge >= 0.3 is 0 Å². The maximum absolute atomic E-state index is 13.6. The Bertz CT molecular complexity index is 1350. The quantitative estimate of drug-likeness (QED) is 0.352. The second kappa shape index (κ2) is 10.8. The van der Waals surface area contributed by atoms with Gasteiger partial charge in [0.05, 0.1) is 12.7 Å². The Balaban J connectivity index is 1.35. The zero-order valence-corrected chi connectivity index (χ0v) is 20.2. The number of carbonyl (C=O) groups is 1. The molecule has 8 heteroatoms. The first-order valence-electron chi connectivity index (χ1n) is 11.8. The van der Waals surface area contributed by atoms with Crippen LogP contribution in [0.1, 0.15) is 34.3 Å². The van der Waals surface area contributed by atoms with Gasteiger partial charge < -0.3 is 14.4 Å². The summed E-state index contributed by atoms with van der Waals surface area (Å²) in [6.07, 6.45) is 5.68. The number of hydrogen-bond donors (Lipinski definition) is 0. The van der Waals surface area contributed by atoms with Gasteiger partial charge in [-0.1, -0.05) is 18.2 Å². The molecule has 1 aliphatic heterocycles. The molecule has 1 aliphatic rings. The predicted octanol–water partition coefficient (Wildman–Crippen LogP) is 4.20. The van der Waals surface area contributed by atoms with Crippen molar-refractivity contribution in [3.05, 3.63) is 98.7 Å². The van der Waals surface area contributed by atoms with E-state index in [0.29, 0.717) is 32.0 Å². The molecule has 4 heterocycles. The molecule has 1 saturated heterocycles. The first-order valence-corrected chi connectivity index (χ1v) is 12.7. The molecule has 4 aromatic rings. The molecule has 0 unspecified atom stereocenters. The van der Waals surface area contributed by atoms with E-state index in [-0.39, 0.29) is 23.1 Å². The monoisotopic (exact) mass is 489 g/mol. The van der Waals surface area contributed by atoms with E-state index in [1.165, 1.54) is 16.2 Å². The van der Waals surface area contributed by atoms with Crippen molar-refractivity contribution in [1.29, 1.82) is 0 Å². The Morgan fingerprint density at radius 3 is 2.97 bits per heavy atom. The summed E-state index contributed by atoms with van der Waals surface area (Å²) >= 11 is 1.68. The summed E-state index contributed by atoms with van der Waals surface area (Å²) in [5.74, 6) is 0.412. The number of benzene rings is 1. The molecule has 1 amide bonds. The fraction of sp³-hybridized carbons (Fsp3) is 0.296. The lowest BCUT2D eigenvalue weighted by Gasteiger charge is -2.25. The lowest BCUT2D eigenvalue weighted by Crippen LogP contribution is -2.40. The average Bonchev–Trinajstić information content (AvgIpc) is 3.59. The Kier molecular flexibility index (Phi) is 7.20. The van der Waals surface area contributed by atoms with Crippen molar-refractivity contribution in [3.8, 4) is 5.75 Å². The van der Waals surface area contributed by atoms with Gasteiger partial charge in [-0.2, -0.15) is 11.3 Å². The van der Waals surface area contributed by atoms with Gasteiger partial charge in [0, 0.05) is 38.5 Å². The summed E-state index contributed by atoms with van der Waals surface area (Å²) in [5, 5.41) is 4.19. The second-order valence-electron chi connectivity index (χ2n) is 8.60. The number of fused-ring (bicyclic) bond motifs is 1. The van der Waals surface area contributed by atoms with Crippen LogP contribution in [0.15, 0.2) is 76.5 Å². The van der Waals surface area contributed by atoms with Crippen LogP contribution in [0.2, 0.25) is 0 Å². The molecule has 0 spiro atoms. The number of carbonyl (C=O) groups excluding carboxylic acids is 1. The highest BCUT2D eigenvalue weighted by Gasteiger charge is 2.26. The lowest BCUT2D eigenvalue weighted by molar-refractivity contribution is 0.0505. The second-order valence-corrected chi connectivity index (χ2v) is 9.38. The normalized spacial score (nSPS) is 15.4. The third-order valence-electron chi connectivity index (χ3n) is 6.09. The van der Waals surface area contributed by atoms with Crippen molar-refractivity contribution >= 4 is 22.9 Å². The van der Waals surface area contributed by atoms with Gasteiger partial charge in [0.2, 0.25) is 0 Å². The Labute approximate surface area is 207 Å². The Morgan fingerprint density at radius 2 is 2.14 bits per heavy atom. The van der Waals surface area contributed by atoms with E-state index in [4.69, 9.17) is 9.47 Å². The molecule has 0 radical (unpaired) electrons. The summed E-state index contributed by atoms with van der Waals surface area (Å²) in [6, 6.07) is 15.2. The number of aromatic nitrogens is 2. The Morgan fingerprint density at radius 1 is 1.20 bits per heavy atom. The van der Waals surface area contributed by atoms with Crippen molar-refractivity contribution in [3.63, 3.8) is 0 Å². The van der Waals surface area contributed by atoms with Crippen molar-refractivity contribution in [2.75, 3.05) is 19.8 Å². The van der Waals surface area contributed by atoms with Crippen molar-refractivity contribution in [2.24, 2.45) is 0 Å². The van der Waals surface area contributed by atoms with Gasteiger partial charge in [-0.15, -0.1) is 0 Å². The van der Waals surface area contributed by atoms with Gasteiger partial charge in [0.25, 0.3) is 11.5 Å². The highest BCUT2D eigenvalue weighted by atomic mass is 32.1. The van der Waals surface area contributed by atoms with E-state index in [2.05, 4.69) is 21.8 Å². The van der Waals surface area contributed by atoms with Gasteiger partial charge in [0.15, 0.2) is 0 Å². The van der Waals surface area contributed by atoms with Crippen LogP contribution in [-0.2, 0) is 17.7 Å². The maximum atomic E-state index is 13.6. The number of nitrogens with zero attached hydrogens (tertiary/aromatic N) is 3. The fourth-order valence-electron chi connectivity index (χ4n) is 4.27. The van der Waals surface area contributed by atoms with E-state index in [0.717, 1.165) is 30.6 Å². The van der Waals surface area contributed by atoms with Crippen molar-refractivity contribution < 1.29 is 14.3 Å². The molecule has 0 N–H and O–H groups in total.